The topological polar surface area (TPSA) is 105 Å². The molecule has 2 saturated heterocycles. The second-order valence-corrected chi connectivity index (χ2v) is 9.56. The van der Waals surface area contributed by atoms with Crippen LogP contribution in [0.5, 0.6) is 0 Å². The van der Waals surface area contributed by atoms with Crippen molar-refractivity contribution in [2.75, 3.05) is 33.4 Å². The molecule has 7 heteroatoms. The van der Waals surface area contributed by atoms with Crippen molar-refractivity contribution in [1.82, 2.24) is 4.90 Å². The fourth-order valence-corrected chi connectivity index (χ4v) is 6.25. The van der Waals surface area contributed by atoms with Gasteiger partial charge in [0.05, 0.1) is 24.9 Å². The number of piperidine rings is 1. The van der Waals surface area contributed by atoms with Gasteiger partial charge in [-0.25, -0.2) is 0 Å². The van der Waals surface area contributed by atoms with Gasteiger partial charge in [0.1, 0.15) is 6.10 Å². The number of carbonyl (C=O) groups is 1. The summed E-state index contributed by atoms with van der Waals surface area (Å²) in [6.07, 6.45) is 4.32. The highest BCUT2D eigenvalue weighted by molar-refractivity contribution is 5.79. The van der Waals surface area contributed by atoms with Gasteiger partial charge in [-0.2, -0.15) is 0 Å². The fourth-order valence-electron chi connectivity index (χ4n) is 6.25. The van der Waals surface area contributed by atoms with Crippen LogP contribution < -0.4 is 5.73 Å². The van der Waals surface area contributed by atoms with Gasteiger partial charge in [-0.15, -0.1) is 0 Å². The highest BCUT2D eigenvalue weighted by Crippen LogP contribution is 2.52. The minimum atomic E-state index is -0.909. The number of likely N-dealkylation sites (tertiary alicyclic amines) is 1. The lowest BCUT2D eigenvalue weighted by Gasteiger charge is -2.46. The summed E-state index contributed by atoms with van der Waals surface area (Å²) in [5.41, 5.74) is 6.15. The number of rotatable bonds is 3. The standard InChI is InChI=1S/C21H36N2O5/c1-27-18-10-14(9-16(24)19(18)25)20(26)23-6-4-21(5-7-23)12-28-17-3-2-13(11-22)8-15(17)21/h13-19,24-25H,2-12,22H2,1H3. The van der Waals surface area contributed by atoms with Gasteiger partial charge < -0.3 is 30.3 Å². The summed E-state index contributed by atoms with van der Waals surface area (Å²) >= 11 is 0. The molecule has 0 aromatic rings. The third kappa shape index (κ3) is 3.60. The van der Waals surface area contributed by atoms with E-state index in [1.54, 1.807) is 0 Å². The first-order valence-electron chi connectivity index (χ1n) is 11.0. The summed E-state index contributed by atoms with van der Waals surface area (Å²) in [6.45, 7) is 3.10. The van der Waals surface area contributed by atoms with Crippen molar-refractivity contribution in [2.24, 2.45) is 28.9 Å². The lowest BCUT2D eigenvalue weighted by molar-refractivity contribution is -0.152. The molecular weight excluding hydrogens is 360 g/mol. The minimum Gasteiger partial charge on any atom is -0.390 e. The van der Waals surface area contributed by atoms with E-state index in [4.69, 9.17) is 15.2 Å². The fraction of sp³-hybridized carbons (Fsp3) is 0.952. The van der Waals surface area contributed by atoms with Crippen LogP contribution in [0.3, 0.4) is 0 Å². The Morgan fingerprint density at radius 3 is 2.64 bits per heavy atom. The van der Waals surface area contributed by atoms with Crippen LogP contribution in [0.2, 0.25) is 0 Å². The molecule has 2 saturated carbocycles. The first-order valence-corrected chi connectivity index (χ1v) is 11.0. The number of ether oxygens (including phenoxy) is 2. The number of fused-ring (bicyclic) bond motifs is 2. The highest BCUT2D eigenvalue weighted by atomic mass is 16.5. The number of aliphatic hydroxyl groups is 2. The van der Waals surface area contributed by atoms with Crippen molar-refractivity contribution in [3.05, 3.63) is 0 Å². The largest absolute Gasteiger partial charge is 0.390 e. The summed E-state index contributed by atoms with van der Waals surface area (Å²) in [7, 11) is 1.52. The van der Waals surface area contributed by atoms with E-state index in [0.717, 1.165) is 51.9 Å². The number of hydrogen-bond donors (Lipinski definition) is 3. The van der Waals surface area contributed by atoms with Crippen molar-refractivity contribution in [2.45, 2.75) is 69.4 Å². The van der Waals surface area contributed by atoms with Gasteiger partial charge in [0.2, 0.25) is 5.91 Å². The Morgan fingerprint density at radius 1 is 1.21 bits per heavy atom. The van der Waals surface area contributed by atoms with Gasteiger partial charge in [-0.1, -0.05) is 0 Å². The van der Waals surface area contributed by atoms with Gasteiger partial charge in [-0.3, -0.25) is 4.79 Å². The summed E-state index contributed by atoms with van der Waals surface area (Å²) in [4.78, 5) is 15.0. The maximum absolute atomic E-state index is 13.1. The molecule has 0 radical (unpaired) electrons. The Bertz CT molecular complexity index is 565. The SMILES string of the molecule is COC1CC(C(=O)N2CCC3(CC2)COC2CCC(CN)CC23)CC(O)C1O. The van der Waals surface area contributed by atoms with Crippen LogP contribution in [0.1, 0.15) is 44.9 Å². The molecule has 160 valence electrons. The van der Waals surface area contributed by atoms with Gasteiger partial charge in [0.15, 0.2) is 0 Å². The molecule has 4 rings (SSSR count). The van der Waals surface area contributed by atoms with Crippen molar-refractivity contribution < 1.29 is 24.5 Å². The Kier molecular flexibility index (Phi) is 6.00. The normalized spacial score (nSPS) is 43.1. The molecule has 0 aromatic heterocycles. The van der Waals surface area contributed by atoms with E-state index < -0.39 is 18.3 Å². The molecule has 0 bridgehead atoms. The quantitative estimate of drug-likeness (QED) is 0.642. The minimum absolute atomic E-state index is 0.0989. The second-order valence-electron chi connectivity index (χ2n) is 9.56. The number of methoxy groups -OCH3 is 1. The van der Waals surface area contributed by atoms with Crippen LogP contribution in [-0.2, 0) is 14.3 Å². The molecule has 7 nitrogen and oxygen atoms in total. The van der Waals surface area contributed by atoms with Gasteiger partial charge in [-0.05, 0) is 63.3 Å². The second kappa shape index (κ2) is 8.19. The molecular formula is C21H36N2O5. The number of hydrogen-bond acceptors (Lipinski definition) is 6. The summed E-state index contributed by atoms with van der Waals surface area (Å²) in [5.74, 6) is 1.01. The average molecular weight is 397 g/mol. The third-order valence-electron chi connectivity index (χ3n) is 8.14. The molecule has 28 heavy (non-hydrogen) atoms. The van der Waals surface area contributed by atoms with E-state index >= 15 is 0 Å². The molecule has 1 amide bonds. The number of amides is 1. The molecule has 4 aliphatic rings. The van der Waals surface area contributed by atoms with Crippen molar-refractivity contribution in [3.63, 3.8) is 0 Å². The van der Waals surface area contributed by atoms with Gasteiger partial charge >= 0.3 is 0 Å². The summed E-state index contributed by atoms with van der Waals surface area (Å²) < 4.78 is 11.5. The number of aliphatic hydroxyl groups excluding tert-OH is 2. The van der Waals surface area contributed by atoms with Gasteiger partial charge in [0.25, 0.3) is 0 Å². The molecule has 4 fully saturated rings. The number of carbonyl (C=O) groups excluding carboxylic acids is 1. The average Bonchev–Trinajstić information content (AvgIpc) is 3.07. The molecule has 0 aromatic carbocycles. The molecule has 7 atom stereocenters. The predicted molar refractivity (Wildman–Crippen MR) is 103 cm³/mol. The zero-order chi connectivity index (χ0) is 19.9. The molecule has 2 aliphatic carbocycles. The van der Waals surface area contributed by atoms with Crippen LogP contribution in [0.25, 0.3) is 0 Å². The van der Waals surface area contributed by atoms with E-state index in [0.29, 0.717) is 30.8 Å². The van der Waals surface area contributed by atoms with Crippen LogP contribution in [0.4, 0.5) is 0 Å². The lowest BCUT2D eigenvalue weighted by atomic mass is 9.63. The van der Waals surface area contributed by atoms with E-state index in [1.807, 2.05) is 4.90 Å². The zero-order valence-corrected chi connectivity index (χ0v) is 17.0. The highest BCUT2D eigenvalue weighted by Gasteiger charge is 2.53. The summed E-state index contributed by atoms with van der Waals surface area (Å²) in [6, 6.07) is 0. The Hall–Kier alpha value is -0.730. The molecule has 1 spiro atoms. The van der Waals surface area contributed by atoms with E-state index in [1.165, 1.54) is 13.5 Å². The smallest absolute Gasteiger partial charge is 0.225 e. The lowest BCUT2D eigenvalue weighted by Crippen LogP contribution is -2.53. The predicted octanol–water partition coefficient (Wildman–Crippen LogP) is 0.516. The van der Waals surface area contributed by atoms with Crippen LogP contribution in [0, 0.1) is 23.2 Å². The Labute approximate surface area is 167 Å². The zero-order valence-electron chi connectivity index (χ0n) is 17.0. The molecule has 4 N–H and O–H groups in total. The maximum Gasteiger partial charge on any atom is 0.225 e. The van der Waals surface area contributed by atoms with Crippen LogP contribution >= 0.6 is 0 Å². The maximum atomic E-state index is 13.1. The van der Waals surface area contributed by atoms with Crippen LogP contribution in [0.15, 0.2) is 0 Å². The van der Waals surface area contributed by atoms with Crippen molar-refractivity contribution in [1.29, 1.82) is 0 Å². The van der Waals surface area contributed by atoms with Gasteiger partial charge in [0, 0.05) is 31.5 Å². The van der Waals surface area contributed by atoms with E-state index in [-0.39, 0.29) is 17.2 Å². The first-order chi connectivity index (χ1) is 13.5. The number of nitrogens with two attached hydrogens (primary N) is 1. The van der Waals surface area contributed by atoms with Crippen LogP contribution in [-0.4, -0.2) is 78.8 Å². The monoisotopic (exact) mass is 396 g/mol. The van der Waals surface area contributed by atoms with E-state index in [2.05, 4.69) is 0 Å². The van der Waals surface area contributed by atoms with Crippen molar-refractivity contribution in [3.8, 4) is 0 Å². The molecule has 2 heterocycles. The van der Waals surface area contributed by atoms with Crippen molar-refractivity contribution >= 4 is 5.91 Å². The Morgan fingerprint density at radius 2 is 1.96 bits per heavy atom. The van der Waals surface area contributed by atoms with E-state index in [9.17, 15) is 15.0 Å². The summed E-state index contributed by atoms with van der Waals surface area (Å²) in [5, 5.41) is 20.1. The third-order valence-corrected chi connectivity index (χ3v) is 8.14. The molecule has 7 unspecified atom stereocenters. The number of nitrogens with zero attached hydrogens (tertiary/aromatic N) is 1. The molecule has 2 aliphatic heterocycles. The Balaban J connectivity index is 1.37. The first kappa shape index (κ1) is 20.5.